The zero-order valence-electron chi connectivity index (χ0n) is 10.4. The zero-order valence-corrected chi connectivity index (χ0v) is 10.4. The van der Waals surface area contributed by atoms with E-state index >= 15 is 0 Å². The van der Waals surface area contributed by atoms with E-state index in [1.54, 1.807) is 13.0 Å². The van der Waals surface area contributed by atoms with Gasteiger partial charge in [0.05, 0.1) is 16.8 Å². The van der Waals surface area contributed by atoms with Crippen molar-refractivity contribution in [2.75, 3.05) is 11.9 Å². The summed E-state index contributed by atoms with van der Waals surface area (Å²) in [5.74, 6) is -0.277. The number of halogens is 1. The van der Waals surface area contributed by atoms with Crippen LogP contribution in [0.3, 0.4) is 0 Å². The summed E-state index contributed by atoms with van der Waals surface area (Å²) < 4.78 is 13.5. The minimum Gasteiger partial charge on any atom is -0.383 e. The third kappa shape index (κ3) is 2.00. The molecule has 92 valence electrons. The number of rotatable bonds is 3. The Morgan fingerprint density at radius 2 is 2.22 bits per heavy atom. The fourth-order valence-electron chi connectivity index (χ4n) is 1.91. The Morgan fingerprint density at radius 1 is 1.44 bits per heavy atom. The van der Waals surface area contributed by atoms with Crippen molar-refractivity contribution in [1.29, 1.82) is 5.26 Å². The lowest BCUT2D eigenvalue weighted by molar-refractivity contribution is 0.620. The highest BCUT2D eigenvalue weighted by molar-refractivity contribution is 5.95. The van der Waals surface area contributed by atoms with Crippen molar-refractivity contribution in [3.63, 3.8) is 0 Å². The van der Waals surface area contributed by atoms with Crippen molar-refractivity contribution in [3.05, 3.63) is 35.3 Å². The number of nitrogens with zero attached hydrogens (tertiary/aromatic N) is 2. The zero-order chi connectivity index (χ0) is 13.1. The average Bonchev–Trinajstić information content (AvgIpc) is 2.40. The molecule has 0 amide bonds. The number of benzene rings is 1. The van der Waals surface area contributed by atoms with Gasteiger partial charge in [-0.3, -0.25) is 4.98 Å². The Bertz CT molecular complexity index is 629. The fraction of sp³-hybridized carbons (Fsp3) is 0.286. The normalized spacial score (nSPS) is 10.3. The topological polar surface area (TPSA) is 48.7 Å². The molecule has 0 aliphatic heterocycles. The number of hydrogen-bond acceptors (Lipinski definition) is 3. The van der Waals surface area contributed by atoms with Crippen molar-refractivity contribution in [1.82, 2.24) is 4.98 Å². The molecule has 2 rings (SSSR count). The highest BCUT2D eigenvalue weighted by Crippen LogP contribution is 2.28. The quantitative estimate of drug-likeness (QED) is 0.899. The first kappa shape index (κ1) is 12.3. The van der Waals surface area contributed by atoms with Gasteiger partial charge in [0.2, 0.25) is 0 Å². The van der Waals surface area contributed by atoms with Crippen LogP contribution in [0.15, 0.2) is 18.3 Å². The van der Waals surface area contributed by atoms with Crippen LogP contribution < -0.4 is 5.32 Å². The van der Waals surface area contributed by atoms with Crippen molar-refractivity contribution >= 4 is 16.6 Å². The molecule has 3 nitrogen and oxygen atoms in total. The highest BCUT2D eigenvalue weighted by atomic mass is 19.1. The summed E-state index contributed by atoms with van der Waals surface area (Å²) in [5.41, 5.74) is 2.35. The molecule has 0 aliphatic carbocycles. The number of pyridine rings is 1. The van der Waals surface area contributed by atoms with Gasteiger partial charge in [-0.1, -0.05) is 6.92 Å². The van der Waals surface area contributed by atoms with Gasteiger partial charge < -0.3 is 5.32 Å². The van der Waals surface area contributed by atoms with Crippen molar-refractivity contribution in [2.24, 2.45) is 0 Å². The SMILES string of the molecule is CCCNc1c(C#N)cnc2c(C)c(F)ccc12. The van der Waals surface area contributed by atoms with E-state index in [2.05, 4.69) is 16.4 Å². The number of fused-ring (bicyclic) bond motifs is 1. The lowest BCUT2D eigenvalue weighted by Crippen LogP contribution is -2.04. The fourth-order valence-corrected chi connectivity index (χ4v) is 1.91. The molecule has 4 heteroatoms. The maximum atomic E-state index is 13.5. The van der Waals surface area contributed by atoms with E-state index in [-0.39, 0.29) is 5.82 Å². The average molecular weight is 243 g/mol. The van der Waals surface area contributed by atoms with Gasteiger partial charge in [-0.15, -0.1) is 0 Å². The summed E-state index contributed by atoms with van der Waals surface area (Å²) in [6.45, 7) is 4.51. The Hall–Kier alpha value is -2.15. The molecule has 0 atom stereocenters. The van der Waals surface area contributed by atoms with Crippen LogP contribution in [0, 0.1) is 24.1 Å². The van der Waals surface area contributed by atoms with E-state index in [1.165, 1.54) is 12.3 Å². The molecule has 18 heavy (non-hydrogen) atoms. The van der Waals surface area contributed by atoms with Crippen LogP contribution in [0.2, 0.25) is 0 Å². The first-order valence-corrected chi connectivity index (χ1v) is 5.90. The van der Waals surface area contributed by atoms with E-state index in [4.69, 9.17) is 5.26 Å². The predicted molar refractivity (Wildman–Crippen MR) is 69.9 cm³/mol. The van der Waals surface area contributed by atoms with Crippen LogP contribution in [-0.2, 0) is 0 Å². The van der Waals surface area contributed by atoms with Gasteiger partial charge in [-0.25, -0.2) is 4.39 Å². The molecule has 1 aromatic heterocycles. The van der Waals surface area contributed by atoms with E-state index in [9.17, 15) is 4.39 Å². The van der Waals surface area contributed by atoms with Gasteiger partial charge in [0.15, 0.2) is 0 Å². The monoisotopic (exact) mass is 243 g/mol. The molecule has 0 saturated carbocycles. The molecule has 2 aromatic rings. The molecule has 0 spiro atoms. The van der Waals surface area contributed by atoms with Gasteiger partial charge in [0.25, 0.3) is 0 Å². The largest absolute Gasteiger partial charge is 0.383 e. The summed E-state index contributed by atoms with van der Waals surface area (Å²) in [6.07, 6.45) is 2.45. The maximum absolute atomic E-state index is 13.5. The van der Waals surface area contributed by atoms with Gasteiger partial charge in [-0.05, 0) is 25.5 Å². The van der Waals surface area contributed by atoms with Crippen LogP contribution in [0.5, 0.6) is 0 Å². The smallest absolute Gasteiger partial charge is 0.128 e. The molecule has 0 fully saturated rings. The summed E-state index contributed by atoms with van der Waals surface area (Å²) in [5, 5.41) is 13.1. The van der Waals surface area contributed by atoms with Gasteiger partial charge >= 0.3 is 0 Å². The molecule has 0 bridgehead atoms. The van der Waals surface area contributed by atoms with Crippen molar-refractivity contribution in [2.45, 2.75) is 20.3 Å². The number of anilines is 1. The Morgan fingerprint density at radius 3 is 2.89 bits per heavy atom. The van der Waals surface area contributed by atoms with E-state index < -0.39 is 0 Å². The highest BCUT2D eigenvalue weighted by Gasteiger charge is 2.11. The molecule has 1 N–H and O–H groups in total. The Kier molecular flexibility index (Phi) is 3.42. The lowest BCUT2D eigenvalue weighted by atomic mass is 10.1. The second kappa shape index (κ2) is 5.01. The van der Waals surface area contributed by atoms with E-state index in [0.29, 0.717) is 16.6 Å². The number of nitrogens with one attached hydrogen (secondary N) is 1. The number of aromatic nitrogens is 1. The minimum absolute atomic E-state index is 0.277. The third-order valence-electron chi connectivity index (χ3n) is 2.90. The summed E-state index contributed by atoms with van der Waals surface area (Å²) in [6, 6.07) is 5.20. The van der Waals surface area contributed by atoms with E-state index in [0.717, 1.165) is 24.0 Å². The minimum atomic E-state index is -0.277. The van der Waals surface area contributed by atoms with Crippen LogP contribution in [0.25, 0.3) is 10.9 Å². The van der Waals surface area contributed by atoms with Crippen LogP contribution >= 0.6 is 0 Å². The second-order valence-electron chi connectivity index (χ2n) is 4.15. The first-order valence-electron chi connectivity index (χ1n) is 5.90. The van der Waals surface area contributed by atoms with Crippen LogP contribution in [-0.4, -0.2) is 11.5 Å². The summed E-state index contributed by atoms with van der Waals surface area (Å²) >= 11 is 0. The van der Waals surface area contributed by atoms with Crippen molar-refractivity contribution in [3.8, 4) is 6.07 Å². The first-order chi connectivity index (χ1) is 8.69. The number of nitriles is 1. The molecular formula is C14H14FN3. The maximum Gasteiger partial charge on any atom is 0.128 e. The molecule has 0 radical (unpaired) electrons. The predicted octanol–water partition coefficient (Wildman–Crippen LogP) is 3.38. The molecule has 1 heterocycles. The number of aryl methyl sites for hydroxylation is 1. The third-order valence-corrected chi connectivity index (χ3v) is 2.90. The molecule has 0 aliphatic rings. The van der Waals surface area contributed by atoms with Gasteiger partial charge in [-0.2, -0.15) is 5.26 Å². The Balaban J connectivity index is 2.70. The molecule has 1 aromatic carbocycles. The molecule has 0 saturated heterocycles. The second-order valence-corrected chi connectivity index (χ2v) is 4.15. The summed E-state index contributed by atoms with van der Waals surface area (Å²) in [7, 11) is 0. The summed E-state index contributed by atoms with van der Waals surface area (Å²) in [4.78, 5) is 4.18. The van der Waals surface area contributed by atoms with Crippen LogP contribution in [0.1, 0.15) is 24.5 Å². The number of hydrogen-bond donors (Lipinski definition) is 1. The van der Waals surface area contributed by atoms with Gasteiger partial charge in [0, 0.05) is 23.7 Å². The Labute approximate surface area is 105 Å². The van der Waals surface area contributed by atoms with E-state index in [1.807, 2.05) is 6.92 Å². The molecule has 0 unspecified atom stereocenters. The van der Waals surface area contributed by atoms with Gasteiger partial charge in [0.1, 0.15) is 11.9 Å². The standard InChI is InChI=1S/C14H14FN3/c1-3-6-17-14-10(7-16)8-18-13-9(2)12(15)5-4-11(13)14/h4-5,8H,3,6H2,1-2H3,(H,17,18). The van der Waals surface area contributed by atoms with Crippen molar-refractivity contribution < 1.29 is 4.39 Å². The molecular weight excluding hydrogens is 229 g/mol. The van der Waals surface area contributed by atoms with Crippen LogP contribution in [0.4, 0.5) is 10.1 Å². The lowest BCUT2D eigenvalue weighted by Gasteiger charge is -2.11.